The number of methoxy groups -OCH3 is 1. The number of hydrogen-bond donors (Lipinski definition) is 2. The van der Waals surface area contributed by atoms with Crippen LogP contribution in [0, 0.1) is 0 Å². The first-order valence-electron chi connectivity index (χ1n) is 5.32. The summed E-state index contributed by atoms with van der Waals surface area (Å²) in [5, 5.41) is 11.9. The molecule has 1 atom stereocenters. The molecule has 0 spiro atoms. The van der Waals surface area contributed by atoms with Gasteiger partial charge in [0, 0.05) is 30.4 Å². The average molecular weight is 319 g/mol. The van der Waals surface area contributed by atoms with Gasteiger partial charge in [0.1, 0.15) is 6.54 Å². The van der Waals surface area contributed by atoms with Gasteiger partial charge < -0.3 is 19.7 Å². The van der Waals surface area contributed by atoms with E-state index in [1.807, 2.05) is 0 Å². The van der Waals surface area contributed by atoms with Crippen LogP contribution in [-0.4, -0.2) is 41.9 Å². The number of rotatable bonds is 6. The van der Waals surface area contributed by atoms with E-state index in [0.29, 0.717) is 4.47 Å². The van der Waals surface area contributed by atoms with E-state index in [1.54, 1.807) is 6.07 Å². The molecule has 7 heteroatoms. The van der Waals surface area contributed by atoms with Crippen molar-refractivity contribution in [3.63, 3.8) is 0 Å². The number of aliphatic hydroxyl groups is 1. The number of carbonyl (C=O) groups excluding carboxylic acids is 1. The van der Waals surface area contributed by atoms with Crippen molar-refractivity contribution in [3.8, 4) is 0 Å². The lowest BCUT2D eigenvalue weighted by atomic mass is 10.3. The molecule has 1 aromatic rings. The van der Waals surface area contributed by atoms with Crippen molar-refractivity contribution in [1.82, 2.24) is 9.88 Å². The number of pyridine rings is 1. The molecule has 0 saturated heterocycles. The van der Waals surface area contributed by atoms with Gasteiger partial charge in [0.25, 0.3) is 5.56 Å². The summed E-state index contributed by atoms with van der Waals surface area (Å²) in [6.45, 7) is 0.157. The molecule has 6 nitrogen and oxygen atoms in total. The number of hydrogen-bond acceptors (Lipinski definition) is 4. The molecule has 1 unspecified atom stereocenters. The van der Waals surface area contributed by atoms with Crippen LogP contribution in [0.3, 0.4) is 0 Å². The molecule has 0 aromatic carbocycles. The van der Waals surface area contributed by atoms with E-state index < -0.39 is 6.10 Å². The van der Waals surface area contributed by atoms with Gasteiger partial charge in [-0.2, -0.15) is 0 Å². The van der Waals surface area contributed by atoms with Gasteiger partial charge in [0.05, 0.1) is 12.7 Å². The van der Waals surface area contributed by atoms with E-state index >= 15 is 0 Å². The molecule has 0 bridgehead atoms. The first-order chi connectivity index (χ1) is 8.52. The molecule has 0 radical (unpaired) electrons. The Morgan fingerprint density at radius 3 is 3.00 bits per heavy atom. The quantitative estimate of drug-likeness (QED) is 0.757. The summed E-state index contributed by atoms with van der Waals surface area (Å²) < 4.78 is 6.72. The van der Waals surface area contributed by atoms with Crippen LogP contribution in [0.1, 0.15) is 0 Å². The zero-order valence-electron chi connectivity index (χ0n) is 9.93. The van der Waals surface area contributed by atoms with Crippen LogP contribution >= 0.6 is 15.9 Å². The predicted molar refractivity (Wildman–Crippen MR) is 69.3 cm³/mol. The van der Waals surface area contributed by atoms with Gasteiger partial charge in [0.15, 0.2) is 0 Å². The van der Waals surface area contributed by atoms with Crippen molar-refractivity contribution in [1.29, 1.82) is 0 Å². The third kappa shape index (κ3) is 4.99. The molecule has 0 fully saturated rings. The average Bonchev–Trinajstić information content (AvgIpc) is 2.32. The Labute approximate surface area is 113 Å². The third-order valence-electron chi connectivity index (χ3n) is 2.16. The Bertz CT molecular complexity index is 461. The summed E-state index contributed by atoms with van der Waals surface area (Å²) in [5.74, 6) is -0.342. The van der Waals surface area contributed by atoms with E-state index in [0.717, 1.165) is 0 Å². The highest BCUT2D eigenvalue weighted by atomic mass is 79.9. The molecule has 1 heterocycles. The molecule has 0 aliphatic heterocycles. The number of amides is 1. The van der Waals surface area contributed by atoms with E-state index in [9.17, 15) is 14.7 Å². The number of ether oxygens (including phenoxy) is 1. The summed E-state index contributed by atoms with van der Waals surface area (Å²) in [6, 6.07) is 2.98. The number of nitrogens with zero attached hydrogens (tertiary/aromatic N) is 1. The smallest absolute Gasteiger partial charge is 0.251 e. The highest BCUT2D eigenvalue weighted by Crippen LogP contribution is 2.04. The van der Waals surface area contributed by atoms with Crippen LogP contribution in [0.25, 0.3) is 0 Å². The molecular weight excluding hydrogens is 304 g/mol. The van der Waals surface area contributed by atoms with Crippen LogP contribution in [0.15, 0.2) is 27.6 Å². The molecule has 0 aliphatic carbocycles. The molecular formula is C11H15BrN2O4. The Morgan fingerprint density at radius 2 is 2.33 bits per heavy atom. The van der Waals surface area contributed by atoms with Gasteiger partial charge in [-0.1, -0.05) is 0 Å². The Hall–Kier alpha value is -1.18. The number of carbonyl (C=O) groups is 1. The minimum Gasteiger partial charge on any atom is -0.389 e. The van der Waals surface area contributed by atoms with Crippen LogP contribution in [-0.2, 0) is 16.1 Å². The fraction of sp³-hybridized carbons (Fsp3) is 0.455. The second-order valence-electron chi connectivity index (χ2n) is 3.73. The first-order valence-corrected chi connectivity index (χ1v) is 6.12. The molecule has 100 valence electrons. The summed E-state index contributed by atoms with van der Waals surface area (Å²) in [7, 11) is 1.46. The van der Waals surface area contributed by atoms with Gasteiger partial charge in [-0.05, 0) is 22.0 Å². The van der Waals surface area contributed by atoms with Crippen LogP contribution in [0.5, 0.6) is 0 Å². The number of aliphatic hydroxyl groups excluding tert-OH is 1. The fourth-order valence-corrected chi connectivity index (χ4v) is 1.70. The van der Waals surface area contributed by atoms with Gasteiger partial charge in [0.2, 0.25) is 5.91 Å². The standard InChI is InChI=1S/C11H15BrN2O4/c1-18-7-9(15)4-13-10(16)6-14-5-8(12)2-3-11(14)17/h2-3,5,9,15H,4,6-7H2,1H3,(H,13,16). The van der Waals surface area contributed by atoms with Crippen molar-refractivity contribution in [2.45, 2.75) is 12.6 Å². The SMILES string of the molecule is COCC(O)CNC(=O)Cn1cc(Br)ccc1=O. The predicted octanol–water partition coefficient (Wildman–Crippen LogP) is -0.266. The first kappa shape index (κ1) is 14.9. The Kier molecular flexibility index (Phi) is 6.03. The summed E-state index contributed by atoms with van der Waals surface area (Å²) >= 11 is 3.22. The van der Waals surface area contributed by atoms with Crippen molar-refractivity contribution in [3.05, 3.63) is 33.2 Å². The van der Waals surface area contributed by atoms with Gasteiger partial charge >= 0.3 is 0 Å². The molecule has 2 N–H and O–H groups in total. The maximum absolute atomic E-state index is 11.5. The summed E-state index contributed by atoms with van der Waals surface area (Å²) in [4.78, 5) is 23.0. The van der Waals surface area contributed by atoms with Crippen LogP contribution in [0.2, 0.25) is 0 Å². The fourth-order valence-electron chi connectivity index (χ4n) is 1.32. The zero-order chi connectivity index (χ0) is 13.5. The lowest BCUT2D eigenvalue weighted by molar-refractivity contribution is -0.122. The Morgan fingerprint density at radius 1 is 1.61 bits per heavy atom. The van der Waals surface area contributed by atoms with Crippen LogP contribution in [0.4, 0.5) is 0 Å². The van der Waals surface area contributed by atoms with Gasteiger partial charge in [-0.3, -0.25) is 9.59 Å². The molecule has 1 amide bonds. The minimum absolute atomic E-state index is 0.0853. The monoisotopic (exact) mass is 318 g/mol. The largest absolute Gasteiger partial charge is 0.389 e. The topological polar surface area (TPSA) is 80.6 Å². The summed E-state index contributed by atoms with van der Waals surface area (Å²) in [6.07, 6.45) is 0.784. The van der Waals surface area contributed by atoms with Crippen molar-refractivity contribution in [2.75, 3.05) is 20.3 Å². The molecule has 1 aromatic heterocycles. The van der Waals surface area contributed by atoms with Crippen molar-refractivity contribution < 1.29 is 14.6 Å². The molecule has 0 aliphatic rings. The van der Waals surface area contributed by atoms with Gasteiger partial charge in [-0.15, -0.1) is 0 Å². The van der Waals surface area contributed by atoms with E-state index in [4.69, 9.17) is 4.74 Å². The normalized spacial score (nSPS) is 12.2. The molecule has 0 saturated carbocycles. The molecule has 1 rings (SSSR count). The Balaban J connectivity index is 2.49. The third-order valence-corrected chi connectivity index (χ3v) is 2.62. The maximum Gasteiger partial charge on any atom is 0.251 e. The number of halogens is 1. The lowest BCUT2D eigenvalue weighted by Crippen LogP contribution is -2.37. The highest BCUT2D eigenvalue weighted by Gasteiger charge is 2.08. The second-order valence-corrected chi connectivity index (χ2v) is 4.64. The molecule has 18 heavy (non-hydrogen) atoms. The number of aromatic nitrogens is 1. The lowest BCUT2D eigenvalue weighted by Gasteiger charge is -2.11. The van der Waals surface area contributed by atoms with E-state index in [2.05, 4.69) is 21.2 Å². The summed E-state index contributed by atoms with van der Waals surface area (Å²) in [5.41, 5.74) is -0.259. The van der Waals surface area contributed by atoms with Gasteiger partial charge in [-0.25, -0.2) is 0 Å². The van der Waals surface area contributed by atoms with Crippen LogP contribution < -0.4 is 10.9 Å². The van der Waals surface area contributed by atoms with E-state index in [1.165, 1.54) is 23.9 Å². The highest BCUT2D eigenvalue weighted by molar-refractivity contribution is 9.10. The number of nitrogens with one attached hydrogen (secondary N) is 1. The second kappa shape index (κ2) is 7.30. The maximum atomic E-state index is 11.5. The van der Waals surface area contributed by atoms with Crippen molar-refractivity contribution in [2.24, 2.45) is 0 Å². The van der Waals surface area contributed by atoms with Crippen molar-refractivity contribution >= 4 is 21.8 Å². The minimum atomic E-state index is -0.752. The van der Waals surface area contributed by atoms with E-state index in [-0.39, 0.29) is 31.2 Å². The zero-order valence-corrected chi connectivity index (χ0v) is 11.5.